The summed E-state index contributed by atoms with van der Waals surface area (Å²) in [5, 5.41) is 4.60. The summed E-state index contributed by atoms with van der Waals surface area (Å²) >= 11 is 1.33. The first-order valence-electron chi connectivity index (χ1n) is 8.04. The minimum absolute atomic E-state index is 0.222. The summed E-state index contributed by atoms with van der Waals surface area (Å²) in [6, 6.07) is 10.3. The summed E-state index contributed by atoms with van der Waals surface area (Å²) in [6.07, 6.45) is 1.17. The molecule has 1 saturated heterocycles. The van der Waals surface area contributed by atoms with Gasteiger partial charge in [0, 0.05) is 26.2 Å². The lowest BCUT2D eigenvalue weighted by molar-refractivity contribution is 0.0699. The van der Waals surface area contributed by atoms with Crippen LogP contribution in [0.5, 0.6) is 0 Å². The van der Waals surface area contributed by atoms with E-state index in [1.165, 1.54) is 21.9 Å². The molecule has 0 unspecified atom stereocenters. The number of benzene rings is 1. The topological polar surface area (TPSA) is 86.8 Å². The number of thiophene rings is 1. The molecule has 0 bridgehead atoms. The molecule has 1 aliphatic heterocycles. The van der Waals surface area contributed by atoms with Crippen LogP contribution >= 0.6 is 11.3 Å². The van der Waals surface area contributed by atoms with Crippen LogP contribution in [0.3, 0.4) is 0 Å². The highest BCUT2D eigenvalue weighted by Gasteiger charge is 2.27. The van der Waals surface area contributed by atoms with Crippen molar-refractivity contribution in [2.45, 2.75) is 0 Å². The van der Waals surface area contributed by atoms with Crippen molar-refractivity contribution in [2.75, 3.05) is 37.8 Å². The van der Waals surface area contributed by atoms with E-state index in [0.717, 1.165) is 0 Å². The maximum Gasteiger partial charge on any atom is 0.265 e. The number of rotatable bonds is 4. The molecule has 1 fully saturated rings. The molecule has 0 saturated carbocycles. The molecule has 2 aromatic rings. The van der Waals surface area contributed by atoms with Crippen LogP contribution in [0.4, 0.5) is 5.69 Å². The van der Waals surface area contributed by atoms with Crippen LogP contribution in [0.2, 0.25) is 0 Å². The van der Waals surface area contributed by atoms with E-state index in [4.69, 9.17) is 0 Å². The third kappa shape index (κ3) is 4.12. The molecule has 1 N–H and O–H groups in total. The minimum Gasteiger partial charge on any atom is -0.336 e. The fraction of sp³-hybridized carbons (Fsp3) is 0.294. The number of anilines is 1. The Hall–Kier alpha value is -2.23. The Morgan fingerprint density at radius 1 is 1.04 bits per heavy atom. The van der Waals surface area contributed by atoms with E-state index >= 15 is 0 Å². The van der Waals surface area contributed by atoms with Crippen LogP contribution in [-0.2, 0) is 10.0 Å². The van der Waals surface area contributed by atoms with Gasteiger partial charge in [0.05, 0.1) is 22.4 Å². The highest BCUT2D eigenvalue weighted by Crippen LogP contribution is 2.20. The first kappa shape index (κ1) is 18.6. The Morgan fingerprint density at radius 3 is 2.35 bits per heavy atom. The smallest absolute Gasteiger partial charge is 0.265 e. The zero-order valence-electron chi connectivity index (χ0n) is 14.2. The van der Waals surface area contributed by atoms with Gasteiger partial charge in [-0.1, -0.05) is 18.2 Å². The zero-order valence-corrected chi connectivity index (χ0v) is 15.8. The average molecular weight is 393 g/mol. The molecule has 0 radical (unpaired) electrons. The van der Waals surface area contributed by atoms with E-state index in [9.17, 15) is 18.0 Å². The Bertz CT molecular complexity index is 902. The molecular weight excluding hydrogens is 374 g/mol. The normalized spacial score (nSPS) is 15.7. The molecule has 3 rings (SSSR count). The number of piperazine rings is 1. The van der Waals surface area contributed by atoms with Crippen LogP contribution in [0, 0.1) is 0 Å². The van der Waals surface area contributed by atoms with Crippen molar-refractivity contribution in [1.82, 2.24) is 9.21 Å². The molecule has 1 aromatic carbocycles. The van der Waals surface area contributed by atoms with E-state index in [2.05, 4.69) is 5.32 Å². The van der Waals surface area contributed by atoms with Crippen LogP contribution in [0.1, 0.15) is 20.0 Å². The highest BCUT2D eigenvalue weighted by molar-refractivity contribution is 7.88. The van der Waals surface area contributed by atoms with Crippen molar-refractivity contribution < 1.29 is 18.0 Å². The fourth-order valence-electron chi connectivity index (χ4n) is 2.76. The van der Waals surface area contributed by atoms with Gasteiger partial charge < -0.3 is 10.2 Å². The number of para-hydroxylation sites is 1. The van der Waals surface area contributed by atoms with E-state index in [0.29, 0.717) is 29.2 Å². The summed E-state index contributed by atoms with van der Waals surface area (Å²) in [5.74, 6) is -0.484. The number of nitrogens with one attached hydrogen (secondary N) is 1. The van der Waals surface area contributed by atoms with Gasteiger partial charge in [-0.05, 0) is 23.6 Å². The molecule has 1 aromatic heterocycles. The molecule has 2 heterocycles. The maximum atomic E-state index is 12.9. The summed E-state index contributed by atoms with van der Waals surface area (Å²) < 4.78 is 24.6. The molecule has 0 atom stereocenters. The second-order valence-corrected chi connectivity index (χ2v) is 8.86. The van der Waals surface area contributed by atoms with Gasteiger partial charge in [-0.3, -0.25) is 9.59 Å². The van der Waals surface area contributed by atoms with Gasteiger partial charge in [0.15, 0.2) is 0 Å². The zero-order chi connectivity index (χ0) is 18.7. The number of hydrogen-bond acceptors (Lipinski definition) is 5. The summed E-state index contributed by atoms with van der Waals surface area (Å²) in [4.78, 5) is 27.3. The second kappa shape index (κ2) is 7.56. The van der Waals surface area contributed by atoms with E-state index in [1.807, 2.05) is 5.38 Å². The minimum atomic E-state index is -3.25. The molecule has 26 heavy (non-hydrogen) atoms. The lowest BCUT2D eigenvalue weighted by Crippen LogP contribution is -2.50. The van der Waals surface area contributed by atoms with Gasteiger partial charge in [-0.25, -0.2) is 8.42 Å². The first-order valence-corrected chi connectivity index (χ1v) is 10.8. The largest absolute Gasteiger partial charge is 0.336 e. The number of nitrogens with zero attached hydrogens (tertiary/aromatic N) is 2. The summed E-state index contributed by atoms with van der Waals surface area (Å²) in [5.41, 5.74) is 0.839. The standard InChI is InChI=1S/C17H19N3O4S2/c1-26(23,24)20-10-8-19(9-11-20)17(22)13-5-2-3-6-14(13)18-16(21)15-7-4-12-25-15/h2-7,12H,8-11H2,1H3,(H,18,21). The first-order chi connectivity index (χ1) is 12.4. The van der Waals surface area contributed by atoms with Gasteiger partial charge in [0.2, 0.25) is 10.0 Å². The van der Waals surface area contributed by atoms with Crippen LogP contribution in [0.25, 0.3) is 0 Å². The number of amides is 2. The van der Waals surface area contributed by atoms with Crippen molar-refractivity contribution in [2.24, 2.45) is 0 Å². The van der Waals surface area contributed by atoms with E-state index < -0.39 is 10.0 Å². The third-order valence-electron chi connectivity index (χ3n) is 4.15. The number of hydrogen-bond donors (Lipinski definition) is 1. The van der Waals surface area contributed by atoms with Gasteiger partial charge in [-0.2, -0.15) is 4.31 Å². The predicted molar refractivity (Wildman–Crippen MR) is 101 cm³/mol. The monoisotopic (exact) mass is 393 g/mol. The molecule has 2 amide bonds. The average Bonchev–Trinajstić information content (AvgIpc) is 3.16. The van der Waals surface area contributed by atoms with E-state index in [1.54, 1.807) is 41.3 Å². The van der Waals surface area contributed by atoms with E-state index in [-0.39, 0.29) is 24.9 Å². The van der Waals surface area contributed by atoms with Crippen LogP contribution < -0.4 is 5.32 Å². The molecule has 138 valence electrons. The SMILES string of the molecule is CS(=O)(=O)N1CCN(C(=O)c2ccccc2NC(=O)c2cccs2)CC1. The predicted octanol–water partition coefficient (Wildman–Crippen LogP) is 1.72. The van der Waals surface area contributed by atoms with Gasteiger partial charge in [0.1, 0.15) is 0 Å². The van der Waals surface area contributed by atoms with Crippen molar-refractivity contribution in [3.8, 4) is 0 Å². The quantitative estimate of drug-likeness (QED) is 0.857. The molecule has 7 nitrogen and oxygen atoms in total. The van der Waals surface area contributed by atoms with Crippen LogP contribution in [-0.4, -0.2) is 61.9 Å². The van der Waals surface area contributed by atoms with Crippen molar-refractivity contribution >= 4 is 38.9 Å². The Kier molecular flexibility index (Phi) is 5.40. The van der Waals surface area contributed by atoms with Crippen molar-refractivity contribution in [3.05, 3.63) is 52.2 Å². The van der Waals surface area contributed by atoms with Gasteiger partial charge >= 0.3 is 0 Å². The summed E-state index contributed by atoms with van der Waals surface area (Å²) in [6.45, 7) is 1.18. The Balaban J connectivity index is 1.73. The van der Waals surface area contributed by atoms with Crippen LogP contribution in [0.15, 0.2) is 41.8 Å². The Morgan fingerprint density at radius 2 is 1.73 bits per heavy atom. The molecule has 0 aliphatic carbocycles. The summed E-state index contributed by atoms with van der Waals surface area (Å²) in [7, 11) is -3.25. The molecule has 0 spiro atoms. The van der Waals surface area contributed by atoms with Gasteiger partial charge in [-0.15, -0.1) is 11.3 Å². The molecule has 1 aliphatic rings. The molecular formula is C17H19N3O4S2. The molecule has 9 heteroatoms. The fourth-order valence-corrected chi connectivity index (χ4v) is 4.21. The van der Waals surface area contributed by atoms with Crippen molar-refractivity contribution in [1.29, 1.82) is 0 Å². The lowest BCUT2D eigenvalue weighted by Gasteiger charge is -2.33. The highest BCUT2D eigenvalue weighted by atomic mass is 32.2. The Labute approximate surface area is 156 Å². The second-order valence-electron chi connectivity index (χ2n) is 5.93. The third-order valence-corrected chi connectivity index (χ3v) is 6.32. The lowest BCUT2D eigenvalue weighted by atomic mass is 10.1. The number of carbonyl (C=O) groups excluding carboxylic acids is 2. The van der Waals surface area contributed by atoms with Gasteiger partial charge in [0.25, 0.3) is 11.8 Å². The maximum absolute atomic E-state index is 12.9. The number of carbonyl (C=O) groups is 2. The number of sulfonamides is 1. The van der Waals surface area contributed by atoms with Crippen molar-refractivity contribution in [3.63, 3.8) is 0 Å².